The van der Waals surface area contributed by atoms with Crippen LogP contribution >= 0.6 is 0 Å². The number of ether oxygens (including phenoxy) is 9. The van der Waals surface area contributed by atoms with Gasteiger partial charge in [0.15, 0.2) is 18.9 Å². The second kappa shape index (κ2) is 23.5. The van der Waals surface area contributed by atoms with Gasteiger partial charge in [-0.2, -0.15) is 0 Å². The predicted octanol–water partition coefficient (Wildman–Crippen LogP) is 1.18. The smallest absolute Gasteiger partial charge is 0.308 e. The topological polar surface area (TPSA) is 222 Å². The number of carbonyl (C=O) groups excluding carboxylic acids is 2. The Balaban J connectivity index is 2.03. The summed E-state index contributed by atoms with van der Waals surface area (Å²) >= 11 is 0. The van der Waals surface area contributed by atoms with E-state index in [9.17, 15) is 35.1 Å². The summed E-state index contributed by atoms with van der Waals surface area (Å²) in [7, 11) is 9.32. The summed E-state index contributed by atoms with van der Waals surface area (Å²) < 4.78 is 53.1. The number of nitrogens with zero attached hydrogens (tertiary/aromatic N) is 1. The van der Waals surface area contributed by atoms with Crippen molar-refractivity contribution in [3.8, 4) is 0 Å². The van der Waals surface area contributed by atoms with Gasteiger partial charge in [0.2, 0.25) is 0 Å². The van der Waals surface area contributed by atoms with Gasteiger partial charge in [-0.05, 0) is 59.2 Å². The Morgan fingerprint density at radius 2 is 1.45 bits per heavy atom. The van der Waals surface area contributed by atoms with E-state index in [1.807, 2.05) is 0 Å². The van der Waals surface area contributed by atoms with Crippen molar-refractivity contribution in [2.45, 2.75) is 166 Å². The van der Waals surface area contributed by atoms with Crippen LogP contribution in [0, 0.1) is 23.7 Å². The molecule has 5 N–H and O–H groups in total. The van der Waals surface area contributed by atoms with Crippen molar-refractivity contribution >= 4 is 11.8 Å². The minimum absolute atomic E-state index is 0.0185. The molecular formula is C41H73NO16. The summed E-state index contributed by atoms with van der Waals surface area (Å²) in [4.78, 5) is 29.3. The van der Waals surface area contributed by atoms with Gasteiger partial charge >= 0.3 is 5.97 Å². The molecule has 0 aliphatic carbocycles. The fourth-order valence-corrected chi connectivity index (χ4v) is 8.48. The molecule has 3 rings (SSSR count). The summed E-state index contributed by atoms with van der Waals surface area (Å²) in [6.45, 7) is 10.2. The molecule has 1 unspecified atom stereocenters. The second-order valence-electron chi connectivity index (χ2n) is 16.5. The van der Waals surface area contributed by atoms with E-state index in [0.717, 1.165) is 0 Å². The van der Waals surface area contributed by atoms with Crippen LogP contribution in [0.1, 0.15) is 73.6 Å². The zero-order valence-corrected chi connectivity index (χ0v) is 36.5. The van der Waals surface area contributed by atoms with Crippen molar-refractivity contribution in [3.63, 3.8) is 0 Å². The van der Waals surface area contributed by atoms with Gasteiger partial charge in [-0.25, -0.2) is 0 Å². The first-order chi connectivity index (χ1) is 27.3. The molecule has 3 aliphatic heterocycles. The van der Waals surface area contributed by atoms with Crippen LogP contribution in [0.4, 0.5) is 0 Å². The Kier molecular flexibility index (Phi) is 20.5. The van der Waals surface area contributed by atoms with Crippen LogP contribution in [0.3, 0.4) is 0 Å². The van der Waals surface area contributed by atoms with Crippen LogP contribution in [0.15, 0.2) is 11.6 Å². The van der Waals surface area contributed by atoms with Crippen molar-refractivity contribution in [2.24, 2.45) is 23.7 Å². The van der Waals surface area contributed by atoms with E-state index >= 15 is 0 Å². The average Bonchev–Trinajstić information content (AvgIpc) is 3.18. The lowest BCUT2D eigenvalue weighted by Crippen LogP contribution is -2.63. The third-order valence-electron chi connectivity index (χ3n) is 12.3. The van der Waals surface area contributed by atoms with Crippen LogP contribution in [0.25, 0.3) is 0 Å². The number of Topliss-reactive ketones (excluding diaryl/α,β-unsaturated/α-hetero) is 1. The summed E-state index contributed by atoms with van der Waals surface area (Å²) in [5.74, 6) is -3.59. The standard InChI is InChI=1S/C41H73NO16/c1-13-29-26(19-54-41-39(53-12)38(52-11)35(48)24(6)56-41)33(46)20(2)14-15-27(43)21(3)16-25(17-31(50-9)51-10)37(22(4)28(44)18-30(45)57-29)58-40-36(49)32(42(7)8)34(47)23(5)55-40/h14,21-26,28-29,31-41,44,46-49H,13,15-19H2,1-12H3/b20-14-/t21-,22+,23-,24-,25?,26-,28-,29-,32+,33-,34-,35-,36-,37-,38-,39-,40+,41-/m1/s1. The number of carbonyl (C=O) groups is 2. The molecule has 0 amide bonds. The van der Waals surface area contributed by atoms with Crippen LogP contribution < -0.4 is 0 Å². The number of methoxy groups -OCH3 is 4. The largest absolute Gasteiger partial charge is 0.462 e. The number of likely N-dealkylation sites (N-methyl/N-ethyl adjacent to an activating group) is 1. The number of aliphatic hydroxyl groups is 5. The van der Waals surface area contributed by atoms with Gasteiger partial charge in [0.1, 0.15) is 36.3 Å². The fourth-order valence-electron chi connectivity index (χ4n) is 8.48. The molecule has 0 radical (unpaired) electrons. The van der Waals surface area contributed by atoms with E-state index < -0.39 is 128 Å². The Labute approximate surface area is 344 Å². The van der Waals surface area contributed by atoms with E-state index in [2.05, 4.69) is 0 Å². The first-order valence-electron chi connectivity index (χ1n) is 20.5. The molecule has 0 aromatic carbocycles. The van der Waals surface area contributed by atoms with Crippen LogP contribution in [-0.4, -0.2) is 183 Å². The maximum Gasteiger partial charge on any atom is 0.308 e. The molecule has 3 heterocycles. The van der Waals surface area contributed by atoms with Gasteiger partial charge in [-0.3, -0.25) is 9.59 Å². The van der Waals surface area contributed by atoms with Crippen molar-refractivity contribution in [1.29, 1.82) is 0 Å². The van der Waals surface area contributed by atoms with Crippen LogP contribution in [0.2, 0.25) is 0 Å². The average molecular weight is 836 g/mol. The summed E-state index contributed by atoms with van der Waals surface area (Å²) in [6.07, 6.45) is -11.7. The molecule has 58 heavy (non-hydrogen) atoms. The highest BCUT2D eigenvalue weighted by molar-refractivity contribution is 5.82. The number of hydrogen-bond donors (Lipinski definition) is 5. The zero-order valence-electron chi connectivity index (χ0n) is 36.5. The highest BCUT2D eigenvalue weighted by atomic mass is 16.7. The van der Waals surface area contributed by atoms with Crippen molar-refractivity contribution in [3.05, 3.63) is 11.6 Å². The first kappa shape index (κ1) is 50.7. The SMILES string of the molecule is CC[C@H]1OC(=O)C[C@@H](O)[C@H](C)[C@@H](O[C@@H]2O[C@H](C)[C@@H](O)[C@H](N(C)C)[C@H]2O)C(CC(OC)OC)C[C@@H](C)C(=O)C/C=C(/C)[C@@H](O)[C@@H]1CO[C@@H]1O[C@H](C)[C@@H](O)[C@@H](OC)[C@H]1OC. The zero-order chi connectivity index (χ0) is 43.6. The van der Waals surface area contributed by atoms with Crippen LogP contribution in [-0.2, 0) is 52.2 Å². The normalized spacial score (nSPS) is 42.6. The van der Waals surface area contributed by atoms with Gasteiger partial charge in [-0.15, -0.1) is 0 Å². The maximum atomic E-state index is 13.9. The Morgan fingerprint density at radius 3 is 2.02 bits per heavy atom. The number of cyclic esters (lactones) is 1. The molecule has 17 heteroatoms. The number of esters is 1. The van der Waals surface area contributed by atoms with Crippen molar-refractivity contribution in [2.75, 3.05) is 49.1 Å². The molecule has 0 aromatic rings. The number of ketones is 1. The number of aliphatic hydroxyl groups excluding tert-OH is 5. The molecule has 0 saturated carbocycles. The van der Waals surface area contributed by atoms with Crippen molar-refractivity contribution < 1.29 is 77.8 Å². The molecule has 0 aromatic heterocycles. The Bertz CT molecular complexity index is 1280. The predicted molar refractivity (Wildman–Crippen MR) is 209 cm³/mol. The number of rotatable bonds is 13. The molecule has 17 nitrogen and oxygen atoms in total. The lowest BCUT2D eigenvalue weighted by atomic mass is 9.79. The van der Waals surface area contributed by atoms with Gasteiger partial charge < -0.3 is 73.1 Å². The molecule has 3 aliphatic rings. The van der Waals surface area contributed by atoms with Gasteiger partial charge in [-0.1, -0.05) is 26.8 Å². The molecule has 2 fully saturated rings. The quantitative estimate of drug-likeness (QED) is 0.0999. The van der Waals surface area contributed by atoms with Crippen molar-refractivity contribution in [1.82, 2.24) is 4.90 Å². The third kappa shape index (κ3) is 12.7. The van der Waals surface area contributed by atoms with Gasteiger partial charge in [0, 0.05) is 59.0 Å². The van der Waals surface area contributed by atoms with E-state index in [1.54, 1.807) is 66.6 Å². The summed E-state index contributed by atoms with van der Waals surface area (Å²) in [5, 5.41) is 56.6. The summed E-state index contributed by atoms with van der Waals surface area (Å²) in [5.41, 5.74) is 0.461. The minimum atomic E-state index is -1.34. The van der Waals surface area contributed by atoms with E-state index in [0.29, 0.717) is 5.57 Å². The highest BCUT2D eigenvalue weighted by Gasteiger charge is 2.48. The van der Waals surface area contributed by atoms with E-state index in [4.69, 9.17) is 42.6 Å². The number of allylic oxidation sites excluding steroid dienone is 1. The molecular weight excluding hydrogens is 762 g/mol. The fraction of sp³-hybridized carbons (Fsp3) is 0.902. The Morgan fingerprint density at radius 1 is 0.845 bits per heavy atom. The van der Waals surface area contributed by atoms with Gasteiger partial charge in [0.05, 0.1) is 55.7 Å². The maximum absolute atomic E-state index is 13.9. The molecule has 0 bridgehead atoms. The van der Waals surface area contributed by atoms with E-state index in [1.165, 1.54) is 28.4 Å². The van der Waals surface area contributed by atoms with Crippen LogP contribution in [0.5, 0.6) is 0 Å². The minimum Gasteiger partial charge on any atom is -0.462 e. The Hall–Kier alpha value is -1.68. The molecule has 18 atom stereocenters. The lowest BCUT2D eigenvalue weighted by molar-refractivity contribution is -0.306. The molecule has 2 saturated heterocycles. The summed E-state index contributed by atoms with van der Waals surface area (Å²) in [6, 6.07) is -0.741. The van der Waals surface area contributed by atoms with E-state index in [-0.39, 0.29) is 38.1 Å². The third-order valence-corrected chi connectivity index (χ3v) is 12.3. The number of hydrogen-bond acceptors (Lipinski definition) is 17. The molecule has 0 spiro atoms. The second-order valence-corrected chi connectivity index (χ2v) is 16.5. The highest BCUT2D eigenvalue weighted by Crippen LogP contribution is 2.36. The first-order valence-corrected chi connectivity index (χ1v) is 20.5. The van der Waals surface area contributed by atoms with Gasteiger partial charge in [0.25, 0.3) is 0 Å². The monoisotopic (exact) mass is 835 g/mol. The lowest BCUT2D eigenvalue weighted by Gasteiger charge is -2.47. The molecule has 338 valence electrons.